The van der Waals surface area contributed by atoms with Gasteiger partial charge in [0.05, 0.1) is 7.11 Å². The van der Waals surface area contributed by atoms with Crippen molar-refractivity contribution in [2.75, 3.05) is 12.4 Å². The van der Waals surface area contributed by atoms with Crippen LogP contribution in [0.1, 0.15) is 88.1 Å². The van der Waals surface area contributed by atoms with Crippen molar-refractivity contribution in [3.63, 3.8) is 0 Å². The summed E-state index contributed by atoms with van der Waals surface area (Å²) < 4.78 is 33.4. The van der Waals surface area contributed by atoms with E-state index in [4.69, 9.17) is 28.4 Å². The van der Waals surface area contributed by atoms with Crippen LogP contribution in [0.15, 0.2) is 24.4 Å². The molecule has 1 aliphatic heterocycles. The molecule has 286 valence electrons. The third-order valence-corrected chi connectivity index (χ3v) is 12.1. The average Bonchev–Trinajstić information content (AvgIpc) is 3.62. The lowest BCUT2D eigenvalue weighted by molar-refractivity contribution is -0.282. The molecule has 2 saturated carbocycles. The average molecular weight is 755 g/mol. The highest BCUT2D eigenvalue weighted by Crippen LogP contribution is 2.62. The number of fused-ring (bicyclic) bond motifs is 5. The molecule has 1 saturated heterocycles. The van der Waals surface area contributed by atoms with Crippen LogP contribution in [0.25, 0.3) is 0 Å². The summed E-state index contributed by atoms with van der Waals surface area (Å²) in [6.45, 7) is 7.45. The smallest absolute Gasteiger partial charge is 0.339 e. The molecule has 1 aromatic carbocycles. The molecule has 1 N–H and O–H groups in total. The Morgan fingerprint density at radius 3 is 2.36 bits per heavy atom. The number of nitrogens with zero attached hydrogens (tertiary/aromatic N) is 1. The molecule has 1 aromatic heterocycles. The Balaban J connectivity index is 1.21. The molecule has 6 rings (SSSR count). The fourth-order valence-electron chi connectivity index (χ4n) is 9.18. The molecule has 2 aromatic rings. The Bertz CT molecular complexity index is 1780. The first-order valence-corrected chi connectivity index (χ1v) is 18.8. The first kappa shape index (κ1) is 38.4. The van der Waals surface area contributed by atoms with Gasteiger partial charge in [-0.2, -0.15) is 0 Å². The van der Waals surface area contributed by atoms with Crippen LogP contribution in [0.2, 0.25) is 0 Å². The van der Waals surface area contributed by atoms with Gasteiger partial charge in [-0.05, 0) is 86.0 Å². The van der Waals surface area contributed by atoms with Crippen LogP contribution in [0.4, 0.5) is 5.13 Å². The van der Waals surface area contributed by atoms with Crippen LogP contribution in [0, 0.1) is 30.1 Å². The number of anilines is 1. The zero-order chi connectivity index (χ0) is 38.2. The minimum absolute atomic E-state index is 0.0915. The van der Waals surface area contributed by atoms with E-state index in [-0.39, 0.29) is 29.6 Å². The van der Waals surface area contributed by atoms with Crippen molar-refractivity contribution in [3.05, 3.63) is 40.4 Å². The van der Waals surface area contributed by atoms with E-state index in [1.54, 1.807) is 12.3 Å². The number of aromatic nitrogens is 1. The van der Waals surface area contributed by atoms with Crippen molar-refractivity contribution >= 4 is 52.0 Å². The highest BCUT2D eigenvalue weighted by Gasteiger charge is 2.59. The number of ketones is 1. The molecular formula is C38H46N2O12S. The number of ether oxygens (including phenoxy) is 6. The predicted molar refractivity (Wildman–Crippen MR) is 188 cm³/mol. The van der Waals surface area contributed by atoms with Gasteiger partial charge in [0.2, 0.25) is 18.3 Å². The number of esters is 4. The summed E-state index contributed by atoms with van der Waals surface area (Å²) in [4.78, 5) is 80.9. The summed E-state index contributed by atoms with van der Waals surface area (Å²) in [7, 11) is 1.13. The Kier molecular flexibility index (Phi) is 11.2. The van der Waals surface area contributed by atoms with Gasteiger partial charge >= 0.3 is 23.9 Å². The molecule has 4 unspecified atom stereocenters. The number of nitrogens with one attached hydrogen (secondary N) is 1. The van der Waals surface area contributed by atoms with Gasteiger partial charge in [-0.25, -0.2) is 9.78 Å². The summed E-state index contributed by atoms with van der Waals surface area (Å²) in [6.07, 6.45) is -1.00. The molecule has 15 heteroatoms. The molecule has 3 aliphatic carbocycles. The van der Waals surface area contributed by atoms with E-state index in [0.717, 1.165) is 64.0 Å². The zero-order valence-electron chi connectivity index (χ0n) is 30.7. The lowest BCUT2D eigenvalue weighted by Crippen LogP contribution is -2.64. The molecule has 1 amide bonds. The molecule has 2 heterocycles. The number of benzene rings is 1. The number of methoxy groups -OCH3 is 1. The maximum atomic E-state index is 13.5. The SMILES string of the molecule is COC(=O)[C@H]1O[C@@H](Oc2ccc3c(c2)CCC2C3CCC3(C)C(=O)C[C@@H](CCC(=O)Nc4ncc(C)s4)C23)[C@H](OC(C)=O)[C@@H](OC(C)=O)[C@@H]1OC(C)=O. The number of hydrogen-bond acceptors (Lipinski definition) is 14. The maximum Gasteiger partial charge on any atom is 0.339 e. The molecule has 0 radical (unpaired) electrons. The molecule has 53 heavy (non-hydrogen) atoms. The van der Waals surface area contributed by atoms with Crippen molar-refractivity contribution in [3.8, 4) is 5.75 Å². The largest absolute Gasteiger partial charge is 0.467 e. The monoisotopic (exact) mass is 754 g/mol. The van der Waals surface area contributed by atoms with Gasteiger partial charge in [0, 0.05) is 50.1 Å². The van der Waals surface area contributed by atoms with Crippen LogP contribution < -0.4 is 10.1 Å². The zero-order valence-corrected chi connectivity index (χ0v) is 31.5. The van der Waals surface area contributed by atoms with Gasteiger partial charge in [0.15, 0.2) is 23.4 Å². The van der Waals surface area contributed by atoms with E-state index in [1.165, 1.54) is 16.9 Å². The lowest BCUT2D eigenvalue weighted by Gasteiger charge is -2.50. The lowest BCUT2D eigenvalue weighted by atomic mass is 9.54. The van der Waals surface area contributed by atoms with Crippen LogP contribution in [-0.4, -0.2) is 78.4 Å². The summed E-state index contributed by atoms with van der Waals surface area (Å²) >= 11 is 1.43. The minimum Gasteiger partial charge on any atom is -0.467 e. The summed E-state index contributed by atoms with van der Waals surface area (Å²) in [6, 6.07) is 5.67. The number of amides is 1. The topological polar surface area (TPSA) is 183 Å². The Labute approximate surface area is 311 Å². The maximum absolute atomic E-state index is 13.5. The Morgan fingerprint density at radius 1 is 1.00 bits per heavy atom. The highest BCUT2D eigenvalue weighted by atomic mass is 32.1. The van der Waals surface area contributed by atoms with Crippen LogP contribution in [0.3, 0.4) is 0 Å². The van der Waals surface area contributed by atoms with Gasteiger partial charge < -0.3 is 33.7 Å². The standard InChI is InChI=1S/C38H46N2O12S/c1-18-17-39-37(53-18)40-29(45)12-8-23-16-28(44)38(5)14-13-26-25-11-9-24(15-22(25)7-10-27(26)30(23)38)51-36-34(50-21(4)43)32(49-20(3)42)31(48-19(2)41)33(52-36)35(46)47-6/h9,11,15,17,23,26-27,30-34,36H,7-8,10,12-14,16H2,1-6H3,(H,39,40,45)/t23-,26?,27?,30?,31+,32+,33+,34-,36-,38?/m1/s1. The number of rotatable bonds is 10. The van der Waals surface area contributed by atoms with E-state index >= 15 is 0 Å². The third kappa shape index (κ3) is 7.96. The van der Waals surface area contributed by atoms with Crippen LogP contribution in [0.5, 0.6) is 5.75 Å². The van der Waals surface area contributed by atoms with Crippen molar-refractivity contribution in [1.29, 1.82) is 0 Å². The summed E-state index contributed by atoms with van der Waals surface area (Å²) in [5.41, 5.74) is 1.81. The molecule has 0 bridgehead atoms. The highest BCUT2D eigenvalue weighted by molar-refractivity contribution is 7.15. The summed E-state index contributed by atoms with van der Waals surface area (Å²) in [5, 5.41) is 3.48. The van der Waals surface area contributed by atoms with Crippen molar-refractivity contribution in [1.82, 2.24) is 4.98 Å². The number of thiazole rings is 1. The number of carbonyl (C=O) groups excluding carboxylic acids is 6. The van der Waals surface area contributed by atoms with Gasteiger partial charge in [-0.1, -0.05) is 13.0 Å². The molecule has 14 nitrogen and oxygen atoms in total. The van der Waals surface area contributed by atoms with E-state index < -0.39 is 60.0 Å². The second kappa shape index (κ2) is 15.5. The summed E-state index contributed by atoms with van der Waals surface area (Å²) in [5.74, 6) is -1.92. The quantitative estimate of drug-likeness (QED) is 0.263. The van der Waals surface area contributed by atoms with E-state index in [0.29, 0.717) is 35.9 Å². The molecular weight excluding hydrogens is 708 g/mol. The Hall–Kier alpha value is -4.37. The number of Topliss-reactive ketones (excluding diaryl/α,β-unsaturated/α-hetero) is 1. The minimum atomic E-state index is -1.57. The van der Waals surface area contributed by atoms with Crippen molar-refractivity contribution in [2.45, 2.75) is 116 Å². The van der Waals surface area contributed by atoms with Gasteiger partial charge in [-0.3, -0.25) is 24.0 Å². The van der Waals surface area contributed by atoms with Gasteiger partial charge in [0.25, 0.3) is 0 Å². The van der Waals surface area contributed by atoms with Gasteiger partial charge in [-0.15, -0.1) is 11.3 Å². The fraction of sp³-hybridized carbons (Fsp3) is 0.605. The number of carbonyl (C=O) groups is 6. The van der Waals surface area contributed by atoms with E-state index in [1.807, 2.05) is 19.1 Å². The number of aryl methyl sites for hydroxylation is 2. The molecule has 4 aliphatic rings. The van der Waals surface area contributed by atoms with Crippen LogP contribution in [-0.2, 0) is 58.9 Å². The second-order valence-electron chi connectivity index (χ2n) is 14.7. The fourth-order valence-corrected chi connectivity index (χ4v) is 9.86. The normalized spacial score (nSPS) is 31.6. The van der Waals surface area contributed by atoms with E-state index in [9.17, 15) is 28.8 Å². The van der Waals surface area contributed by atoms with Crippen molar-refractivity contribution < 1.29 is 57.2 Å². The van der Waals surface area contributed by atoms with Crippen molar-refractivity contribution in [2.24, 2.45) is 23.2 Å². The van der Waals surface area contributed by atoms with Gasteiger partial charge in [0.1, 0.15) is 11.5 Å². The molecule has 10 atom stereocenters. The second-order valence-corrected chi connectivity index (χ2v) is 15.9. The molecule has 3 fully saturated rings. The Morgan fingerprint density at radius 2 is 1.70 bits per heavy atom. The predicted octanol–water partition coefficient (Wildman–Crippen LogP) is 4.59. The molecule has 0 spiro atoms. The number of hydrogen-bond donors (Lipinski definition) is 1. The first-order chi connectivity index (χ1) is 25.2. The third-order valence-electron chi connectivity index (χ3n) is 11.2. The van der Waals surface area contributed by atoms with E-state index in [2.05, 4.69) is 17.2 Å². The first-order valence-electron chi connectivity index (χ1n) is 18.0. The van der Waals surface area contributed by atoms with Crippen LogP contribution >= 0.6 is 11.3 Å².